The zero-order chi connectivity index (χ0) is 19.2. The number of amides is 2. The molecule has 2 fully saturated rings. The summed E-state index contributed by atoms with van der Waals surface area (Å²) in [5.41, 5.74) is -0.504. The third-order valence-electron chi connectivity index (χ3n) is 4.80. The van der Waals surface area contributed by atoms with Gasteiger partial charge in [-0.3, -0.25) is 9.69 Å². The molecule has 3 atom stereocenters. The van der Waals surface area contributed by atoms with E-state index in [0.29, 0.717) is 12.3 Å². The van der Waals surface area contributed by atoms with Gasteiger partial charge in [-0.05, 0) is 58.6 Å². The maximum absolute atomic E-state index is 14.4. The Morgan fingerprint density at radius 3 is 2.65 bits per heavy atom. The van der Waals surface area contributed by atoms with Crippen LogP contribution in [-0.2, 0) is 9.53 Å². The summed E-state index contributed by atoms with van der Waals surface area (Å²) in [6, 6.07) is 3.98. The van der Waals surface area contributed by atoms with E-state index in [9.17, 15) is 14.0 Å². The van der Waals surface area contributed by atoms with Crippen molar-refractivity contribution in [1.29, 1.82) is 0 Å². The maximum atomic E-state index is 14.4. The van der Waals surface area contributed by atoms with Gasteiger partial charge in [0.05, 0.1) is 10.7 Å². The number of halogens is 2. The van der Waals surface area contributed by atoms with Crippen molar-refractivity contribution in [2.24, 2.45) is 5.92 Å². The van der Waals surface area contributed by atoms with Crippen molar-refractivity contribution >= 4 is 29.3 Å². The van der Waals surface area contributed by atoms with E-state index in [0.717, 1.165) is 6.42 Å². The first-order valence-corrected chi connectivity index (χ1v) is 9.28. The number of hydrogen-bond donors (Lipinski definition) is 0. The molecule has 1 heterocycles. The predicted molar refractivity (Wildman–Crippen MR) is 97.8 cm³/mol. The topological polar surface area (TPSA) is 49.9 Å². The molecule has 142 valence electrons. The second kappa shape index (κ2) is 6.72. The molecule has 1 aromatic rings. The molecule has 2 aliphatic rings. The Labute approximate surface area is 158 Å². The van der Waals surface area contributed by atoms with Crippen LogP contribution in [0.2, 0.25) is 5.02 Å². The minimum Gasteiger partial charge on any atom is -0.444 e. The zero-order valence-corrected chi connectivity index (χ0v) is 16.2. The number of hydrogen-bond acceptors (Lipinski definition) is 3. The van der Waals surface area contributed by atoms with Crippen LogP contribution in [0.4, 0.5) is 14.9 Å². The Morgan fingerprint density at radius 2 is 2.04 bits per heavy atom. The summed E-state index contributed by atoms with van der Waals surface area (Å²) < 4.78 is 19.9. The monoisotopic (exact) mass is 382 g/mol. The summed E-state index contributed by atoms with van der Waals surface area (Å²) in [4.78, 5) is 28.7. The Morgan fingerprint density at radius 1 is 1.35 bits per heavy atom. The first-order chi connectivity index (χ1) is 12.1. The van der Waals surface area contributed by atoms with Gasteiger partial charge in [0.25, 0.3) is 0 Å². The largest absolute Gasteiger partial charge is 0.444 e. The summed E-state index contributed by atoms with van der Waals surface area (Å²) >= 11 is 5.86. The Hall–Kier alpha value is -1.82. The molecular formula is C19H24ClFN2O3. The van der Waals surface area contributed by atoms with Crippen LogP contribution in [0.1, 0.15) is 40.5 Å². The van der Waals surface area contributed by atoms with Crippen molar-refractivity contribution in [3.63, 3.8) is 0 Å². The Balaban J connectivity index is 1.85. The molecule has 0 radical (unpaired) electrons. The molecule has 1 aromatic carbocycles. The van der Waals surface area contributed by atoms with Gasteiger partial charge < -0.3 is 9.64 Å². The first kappa shape index (κ1) is 19.0. The van der Waals surface area contributed by atoms with E-state index in [1.165, 1.54) is 17.0 Å². The summed E-state index contributed by atoms with van der Waals surface area (Å²) in [7, 11) is 0. The van der Waals surface area contributed by atoms with Crippen molar-refractivity contribution < 1.29 is 18.7 Å². The van der Waals surface area contributed by atoms with Gasteiger partial charge in [-0.15, -0.1) is 0 Å². The highest BCUT2D eigenvalue weighted by Gasteiger charge is 2.57. The van der Waals surface area contributed by atoms with E-state index >= 15 is 0 Å². The fourth-order valence-electron chi connectivity index (χ4n) is 3.58. The van der Waals surface area contributed by atoms with Crippen LogP contribution >= 0.6 is 11.6 Å². The summed E-state index contributed by atoms with van der Waals surface area (Å²) in [5.74, 6) is -0.609. The molecule has 2 amide bonds. The van der Waals surface area contributed by atoms with Gasteiger partial charge >= 0.3 is 6.09 Å². The van der Waals surface area contributed by atoms with Crippen LogP contribution in [0.25, 0.3) is 0 Å². The molecule has 5 nitrogen and oxygen atoms in total. The van der Waals surface area contributed by atoms with E-state index in [1.807, 2.05) is 0 Å². The highest BCUT2D eigenvalue weighted by Crippen LogP contribution is 2.49. The number of carbonyl (C=O) groups is 2. The maximum Gasteiger partial charge on any atom is 0.411 e. The van der Waals surface area contributed by atoms with Gasteiger partial charge in [0, 0.05) is 12.6 Å². The smallest absolute Gasteiger partial charge is 0.411 e. The summed E-state index contributed by atoms with van der Waals surface area (Å²) in [6.07, 6.45) is 0.991. The fraction of sp³-hybridized carbons (Fsp3) is 0.579. The number of anilines is 1. The van der Waals surface area contributed by atoms with Crippen molar-refractivity contribution in [1.82, 2.24) is 4.90 Å². The van der Waals surface area contributed by atoms with Gasteiger partial charge in [0.1, 0.15) is 11.6 Å². The quantitative estimate of drug-likeness (QED) is 0.786. The van der Waals surface area contributed by atoms with Gasteiger partial charge in [-0.2, -0.15) is 0 Å². The number of benzene rings is 1. The molecule has 0 spiro atoms. The third-order valence-corrected chi connectivity index (χ3v) is 5.09. The van der Waals surface area contributed by atoms with Crippen LogP contribution in [0, 0.1) is 11.7 Å². The lowest BCUT2D eigenvalue weighted by Gasteiger charge is -2.33. The second-order valence-corrected chi connectivity index (χ2v) is 8.26. The molecule has 3 rings (SSSR count). The van der Waals surface area contributed by atoms with Crippen molar-refractivity contribution in [2.75, 3.05) is 11.4 Å². The number of fused-ring (bicyclic) bond motifs is 1. The van der Waals surface area contributed by atoms with E-state index in [1.54, 1.807) is 38.7 Å². The van der Waals surface area contributed by atoms with E-state index in [4.69, 9.17) is 16.3 Å². The van der Waals surface area contributed by atoms with Crippen molar-refractivity contribution in [3.8, 4) is 0 Å². The molecule has 7 heteroatoms. The van der Waals surface area contributed by atoms with E-state index in [-0.39, 0.29) is 29.2 Å². The minimum absolute atomic E-state index is 0.0352. The van der Waals surface area contributed by atoms with Crippen LogP contribution in [0.15, 0.2) is 18.2 Å². The van der Waals surface area contributed by atoms with E-state index < -0.39 is 23.6 Å². The Kier molecular flexibility index (Phi) is 4.90. The lowest BCUT2D eigenvalue weighted by molar-refractivity contribution is -0.123. The molecule has 0 aromatic heterocycles. The van der Waals surface area contributed by atoms with Gasteiger partial charge in [-0.25, -0.2) is 9.18 Å². The number of piperidine rings is 1. The zero-order valence-electron chi connectivity index (χ0n) is 15.5. The molecule has 1 aliphatic heterocycles. The standard InChI is InChI=1S/C19H24ClFN2O3/c1-5-22(13-8-6-7-12(20)16(13)21)17(24)15-10-11-9-14(11)23(15)18(25)26-19(2,3)4/h6-8,11,14-15H,5,9-10H2,1-4H3. The average molecular weight is 383 g/mol. The van der Waals surface area contributed by atoms with E-state index in [2.05, 4.69) is 0 Å². The van der Waals surface area contributed by atoms with Crippen molar-refractivity contribution in [3.05, 3.63) is 29.0 Å². The number of rotatable bonds is 3. The molecule has 0 N–H and O–H groups in total. The van der Waals surface area contributed by atoms with Crippen molar-refractivity contribution in [2.45, 2.75) is 58.2 Å². The molecule has 1 saturated heterocycles. The van der Waals surface area contributed by atoms with Gasteiger partial charge in [-0.1, -0.05) is 17.7 Å². The van der Waals surface area contributed by atoms with Crippen LogP contribution in [0.5, 0.6) is 0 Å². The first-order valence-electron chi connectivity index (χ1n) is 8.90. The second-order valence-electron chi connectivity index (χ2n) is 7.86. The third kappa shape index (κ3) is 3.52. The average Bonchev–Trinajstić information content (AvgIpc) is 3.20. The van der Waals surface area contributed by atoms with Crippen LogP contribution in [0.3, 0.4) is 0 Å². The number of carbonyl (C=O) groups excluding carboxylic acids is 2. The number of likely N-dealkylation sites (tertiary alicyclic amines) is 1. The summed E-state index contributed by atoms with van der Waals surface area (Å²) in [6.45, 7) is 7.43. The number of ether oxygens (including phenoxy) is 1. The lowest BCUT2D eigenvalue weighted by atomic mass is 10.1. The normalized spacial score (nSPS) is 24.2. The molecule has 0 bridgehead atoms. The highest BCUT2D eigenvalue weighted by atomic mass is 35.5. The fourth-order valence-corrected chi connectivity index (χ4v) is 3.75. The number of nitrogens with zero attached hydrogens (tertiary/aromatic N) is 2. The predicted octanol–water partition coefficient (Wildman–Crippen LogP) is 4.23. The number of likely N-dealkylation sites (N-methyl/N-ethyl adjacent to an activating group) is 1. The Bertz CT molecular complexity index is 734. The van der Waals surface area contributed by atoms with Gasteiger partial charge in [0.15, 0.2) is 5.82 Å². The van der Waals surface area contributed by atoms with Crippen LogP contribution < -0.4 is 4.90 Å². The summed E-state index contributed by atoms with van der Waals surface area (Å²) in [5, 5.41) is -0.0352. The molecule has 1 aliphatic carbocycles. The SMILES string of the molecule is CCN(C(=O)C1CC2CC2N1C(=O)OC(C)(C)C)c1cccc(Cl)c1F. The highest BCUT2D eigenvalue weighted by molar-refractivity contribution is 6.31. The minimum atomic E-state index is -0.638. The van der Waals surface area contributed by atoms with Gasteiger partial charge in [0.2, 0.25) is 5.91 Å². The molecule has 1 saturated carbocycles. The van der Waals surface area contributed by atoms with Crippen LogP contribution in [-0.4, -0.2) is 41.1 Å². The molecule has 3 unspecified atom stereocenters. The molecule has 26 heavy (non-hydrogen) atoms. The lowest BCUT2D eigenvalue weighted by Crippen LogP contribution is -2.51. The molecular weight excluding hydrogens is 359 g/mol.